The topological polar surface area (TPSA) is 44.5 Å². The molecule has 1 aliphatic rings. The Hall–Kier alpha value is -0.530. The van der Waals surface area contributed by atoms with E-state index in [0.717, 1.165) is 36.1 Å². The highest BCUT2D eigenvalue weighted by Crippen LogP contribution is 2.21. The molecule has 1 aromatic rings. The SMILES string of the molecule is CN1CCCN(C)C(C(Cc2ccc(F)cc2Br)NN)C1. The monoisotopic (exact) mass is 358 g/mol. The molecule has 1 aliphatic heterocycles. The number of nitrogens with zero attached hydrogens (tertiary/aromatic N) is 2. The summed E-state index contributed by atoms with van der Waals surface area (Å²) in [4.78, 5) is 4.71. The van der Waals surface area contributed by atoms with Crippen molar-refractivity contribution in [3.8, 4) is 0 Å². The van der Waals surface area contributed by atoms with Crippen molar-refractivity contribution in [2.24, 2.45) is 5.84 Å². The summed E-state index contributed by atoms with van der Waals surface area (Å²) in [5.74, 6) is 5.58. The van der Waals surface area contributed by atoms with Gasteiger partial charge in [0.15, 0.2) is 0 Å². The maximum Gasteiger partial charge on any atom is 0.124 e. The van der Waals surface area contributed by atoms with Crippen LogP contribution in [0.1, 0.15) is 12.0 Å². The minimum atomic E-state index is -0.228. The van der Waals surface area contributed by atoms with Crippen molar-refractivity contribution in [3.05, 3.63) is 34.1 Å². The minimum absolute atomic E-state index is 0.123. The zero-order valence-electron chi connectivity index (χ0n) is 12.6. The zero-order valence-corrected chi connectivity index (χ0v) is 14.2. The summed E-state index contributed by atoms with van der Waals surface area (Å²) in [6.45, 7) is 3.15. The number of benzene rings is 1. The zero-order chi connectivity index (χ0) is 15.4. The number of halogens is 2. The van der Waals surface area contributed by atoms with Gasteiger partial charge < -0.3 is 9.80 Å². The van der Waals surface area contributed by atoms with Crippen LogP contribution in [0.3, 0.4) is 0 Å². The van der Waals surface area contributed by atoms with Gasteiger partial charge in [-0.25, -0.2) is 4.39 Å². The molecule has 0 aliphatic carbocycles. The standard InChI is InChI=1S/C15H24BrFN4/c1-20-6-3-7-21(2)15(10-20)14(19-18)8-11-4-5-12(17)9-13(11)16/h4-5,9,14-15,19H,3,6-8,10,18H2,1-2H3. The van der Waals surface area contributed by atoms with Gasteiger partial charge >= 0.3 is 0 Å². The Morgan fingerprint density at radius 1 is 1.43 bits per heavy atom. The van der Waals surface area contributed by atoms with E-state index in [9.17, 15) is 4.39 Å². The van der Waals surface area contributed by atoms with Crippen molar-refractivity contribution in [1.29, 1.82) is 0 Å². The van der Waals surface area contributed by atoms with Crippen molar-refractivity contribution in [2.45, 2.75) is 24.9 Å². The summed E-state index contributed by atoms with van der Waals surface area (Å²) in [5.41, 5.74) is 4.03. The van der Waals surface area contributed by atoms with E-state index in [4.69, 9.17) is 5.84 Å². The highest BCUT2D eigenvalue weighted by atomic mass is 79.9. The summed E-state index contributed by atoms with van der Waals surface area (Å²) >= 11 is 3.44. The number of nitrogens with two attached hydrogens (primary N) is 1. The molecule has 0 spiro atoms. The summed E-state index contributed by atoms with van der Waals surface area (Å²) in [6, 6.07) is 5.28. The Balaban J connectivity index is 2.14. The average molecular weight is 359 g/mol. The van der Waals surface area contributed by atoms with Crippen LogP contribution in [0.15, 0.2) is 22.7 Å². The van der Waals surface area contributed by atoms with Crippen LogP contribution >= 0.6 is 15.9 Å². The van der Waals surface area contributed by atoms with Gasteiger partial charge in [0.25, 0.3) is 0 Å². The average Bonchev–Trinajstić information content (AvgIpc) is 2.60. The number of hydrogen-bond donors (Lipinski definition) is 2. The van der Waals surface area contributed by atoms with Crippen molar-refractivity contribution in [3.63, 3.8) is 0 Å². The molecule has 0 saturated carbocycles. The molecular weight excluding hydrogens is 335 g/mol. The molecule has 1 aromatic carbocycles. The normalized spacial score (nSPS) is 23.0. The first-order valence-electron chi connectivity index (χ1n) is 7.30. The largest absolute Gasteiger partial charge is 0.305 e. The predicted octanol–water partition coefficient (Wildman–Crippen LogP) is 1.60. The highest BCUT2D eigenvalue weighted by Gasteiger charge is 2.28. The molecule has 0 bridgehead atoms. The van der Waals surface area contributed by atoms with E-state index in [-0.39, 0.29) is 11.9 Å². The van der Waals surface area contributed by atoms with Gasteiger partial charge in [-0.15, -0.1) is 0 Å². The molecule has 2 rings (SSSR count). The van der Waals surface area contributed by atoms with Gasteiger partial charge in [-0.3, -0.25) is 11.3 Å². The highest BCUT2D eigenvalue weighted by molar-refractivity contribution is 9.10. The van der Waals surface area contributed by atoms with E-state index < -0.39 is 0 Å². The molecule has 0 amide bonds. The fourth-order valence-electron chi connectivity index (χ4n) is 2.97. The van der Waals surface area contributed by atoms with E-state index in [1.54, 1.807) is 0 Å². The smallest absolute Gasteiger partial charge is 0.124 e. The molecule has 0 radical (unpaired) electrons. The van der Waals surface area contributed by atoms with Gasteiger partial charge in [-0.1, -0.05) is 22.0 Å². The lowest BCUT2D eigenvalue weighted by atomic mass is 9.98. The van der Waals surface area contributed by atoms with Gasteiger partial charge in [-0.05, 0) is 57.7 Å². The van der Waals surface area contributed by atoms with Crippen LogP contribution in [-0.2, 0) is 6.42 Å². The number of nitrogens with one attached hydrogen (secondary N) is 1. The molecule has 1 heterocycles. The molecule has 1 saturated heterocycles. The van der Waals surface area contributed by atoms with E-state index in [1.165, 1.54) is 18.6 Å². The second-order valence-electron chi connectivity index (χ2n) is 5.88. The molecule has 0 aromatic heterocycles. The number of likely N-dealkylation sites (N-methyl/N-ethyl adjacent to an activating group) is 2. The number of hydrogen-bond acceptors (Lipinski definition) is 4. The maximum absolute atomic E-state index is 13.2. The lowest BCUT2D eigenvalue weighted by Gasteiger charge is -2.34. The van der Waals surface area contributed by atoms with Gasteiger partial charge in [0.1, 0.15) is 5.82 Å². The lowest BCUT2D eigenvalue weighted by Crippen LogP contribution is -2.55. The Labute approximate surface area is 134 Å². The maximum atomic E-state index is 13.2. The van der Waals surface area contributed by atoms with E-state index in [0.29, 0.717) is 6.04 Å². The Morgan fingerprint density at radius 3 is 2.86 bits per heavy atom. The first kappa shape index (κ1) is 16.8. The van der Waals surface area contributed by atoms with Crippen LogP contribution in [-0.4, -0.2) is 55.6 Å². The van der Waals surface area contributed by atoms with E-state index in [2.05, 4.69) is 45.3 Å². The minimum Gasteiger partial charge on any atom is -0.305 e. The summed E-state index contributed by atoms with van der Waals surface area (Å²) in [6.07, 6.45) is 1.93. The third kappa shape index (κ3) is 4.47. The van der Waals surface area contributed by atoms with Gasteiger partial charge in [0.2, 0.25) is 0 Å². The summed E-state index contributed by atoms with van der Waals surface area (Å²) in [5, 5.41) is 0. The molecule has 118 valence electrons. The molecule has 2 unspecified atom stereocenters. The molecular formula is C15H24BrFN4. The lowest BCUT2D eigenvalue weighted by molar-refractivity contribution is 0.177. The number of rotatable bonds is 4. The predicted molar refractivity (Wildman–Crippen MR) is 87.4 cm³/mol. The Bertz CT molecular complexity index is 471. The second kappa shape index (κ2) is 7.65. The molecule has 21 heavy (non-hydrogen) atoms. The first-order chi connectivity index (χ1) is 10.0. The third-order valence-corrected chi connectivity index (χ3v) is 4.99. The van der Waals surface area contributed by atoms with Gasteiger partial charge in [0, 0.05) is 23.1 Å². The number of hydrazine groups is 1. The fraction of sp³-hybridized carbons (Fsp3) is 0.600. The van der Waals surface area contributed by atoms with Crippen LogP contribution in [0.25, 0.3) is 0 Å². The van der Waals surface area contributed by atoms with Crippen LogP contribution in [0.4, 0.5) is 4.39 Å². The van der Waals surface area contributed by atoms with Crippen molar-refractivity contribution >= 4 is 15.9 Å². The quantitative estimate of drug-likeness (QED) is 0.633. The third-order valence-electron chi connectivity index (χ3n) is 4.25. The van der Waals surface area contributed by atoms with E-state index >= 15 is 0 Å². The van der Waals surface area contributed by atoms with Gasteiger partial charge in [0.05, 0.1) is 0 Å². The summed E-state index contributed by atoms with van der Waals surface area (Å²) in [7, 11) is 4.29. The molecule has 4 nitrogen and oxygen atoms in total. The van der Waals surface area contributed by atoms with Crippen LogP contribution in [0.2, 0.25) is 0 Å². The second-order valence-corrected chi connectivity index (χ2v) is 6.73. The Kier molecular flexibility index (Phi) is 6.13. The fourth-order valence-corrected chi connectivity index (χ4v) is 3.48. The molecule has 2 atom stereocenters. The summed E-state index contributed by atoms with van der Waals surface area (Å²) < 4.78 is 14.0. The Morgan fingerprint density at radius 2 is 2.19 bits per heavy atom. The molecule has 3 N–H and O–H groups in total. The van der Waals surface area contributed by atoms with E-state index in [1.807, 2.05) is 6.07 Å². The molecule has 6 heteroatoms. The van der Waals surface area contributed by atoms with Crippen LogP contribution < -0.4 is 11.3 Å². The van der Waals surface area contributed by atoms with Crippen molar-refractivity contribution in [2.75, 3.05) is 33.7 Å². The van der Waals surface area contributed by atoms with Crippen molar-refractivity contribution < 1.29 is 4.39 Å². The van der Waals surface area contributed by atoms with Crippen LogP contribution in [0.5, 0.6) is 0 Å². The van der Waals surface area contributed by atoms with Gasteiger partial charge in [-0.2, -0.15) is 0 Å². The molecule has 1 fully saturated rings. The first-order valence-corrected chi connectivity index (χ1v) is 8.09. The van der Waals surface area contributed by atoms with Crippen molar-refractivity contribution in [1.82, 2.24) is 15.2 Å². The van der Waals surface area contributed by atoms with Crippen LogP contribution in [0, 0.1) is 5.82 Å².